The fourth-order valence-corrected chi connectivity index (χ4v) is 1.54. The smallest absolute Gasteiger partial charge is 0.255 e. The van der Waals surface area contributed by atoms with E-state index in [0.717, 1.165) is 6.42 Å². The molecule has 0 bridgehead atoms. The molecule has 1 aromatic carbocycles. The summed E-state index contributed by atoms with van der Waals surface area (Å²) >= 11 is 3.43. The average Bonchev–Trinajstić information content (AvgIpc) is 2.28. The van der Waals surface area contributed by atoms with E-state index < -0.39 is 0 Å². The number of hydrogen-bond acceptors (Lipinski definition) is 2. The number of methoxy groups -OCH3 is 1. The van der Waals surface area contributed by atoms with Gasteiger partial charge < -0.3 is 10.1 Å². The van der Waals surface area contributed by atoms with E-state index in [1.165, 1.54) is 0 Å². The highest BCUT2D eigenvalue weighted by molar-refractivity contribution is 9.09. The maximum atomic E-state index is 11.8. The topological polar surface area (TPSA) is 38.3 Å². The molecule has 0 saturated carbocycles. The molecule has 4 heteroatoms. The van der Waals surface area contributed by atoms with E-state index in [2.05, 4.69) is 28.2 Å². The lowest BCUT2D eigenvalue weighted by molar-refractivity contribution is 0.0950. The monoisotopic (exact) mass is 285 g/mol. The van der Waals surface area contributed by atoms with Crippen molar-refractivity contribution in [3.63, 3.8) is 0 Å². The van der Waals surface area contributed by atoms with Crippen LogP contribution in [0.25, 0.3) is 0 Å². The van der Waals surface area contributed by atoms with Gasteiger partial charge in [0.15, 0.2) is 0 Å². The van der Waals surface area contributed by atoms with Gasteiger partial charge in [-0.2, -0.15) is 0 Å². The molecule has 0 radical (unpaired) electrons. The summed E-state index contributed by atoms with van der Waals surface area (Å²) in [5.41, 5.74) is 0.576. The van der Waals surface area contributed by atoms with Gasteiger partial charge in [0.2, 0.25) is 0 Å². The highest BCUT2D eigenvalue weighted by atomic mass is 79.9. The first-order valence-corrected chi connectivity index (χ1v) is 6.12. The van der Waals surface area contributed by atoms with E-state index in [-0.39, 0.29) is 5.91 Å². The molecular formula is C12H16BrNO2. The number of amides is 1. The third-order valence-electron chi connectivity index (χ3n) is 2.18. The summed E-state index contributed by atoms with van der Waals surface area (Å²) in [6, 6.07) is 7.20. The molecule has 1 unspecified atom stereocenters. The Balaban J connectivity index is 2.59. The second-order valence-corrected chi connectivity index (χ2v) is 5.09. The highest BCUT2D eigenvalue weighted by Gasteiger charge is 2.10. The molecular weight excluding hydrogens is 270 g/mol. The van der Waals surface area contributed by atoms with Crippen LogP contribution in [0.3, 0.4) is 0 Å². The van der Waals surface area contributed by atoms with Crippen LogP contribution in [-0.2, 0) is 0 Å². The van der Waals surface area contributed by atoms with Crippen LogP contribution < -0.4 is 10.1 Å². The molecule has 1 rings (SSSR count). The highest BCUT2D eigenvalue weighted by Crippen LogP contribution is 2.16. The number of para-hydroxylation sites is 1. The Hall–Kier alpha value is -1.03. The van der Waals surface area contributed by atoms with Gasteiger partial charge in [-0.15, -0.1) is 0 Å². The van der Waals surface area contributed by atoms with E-state index >= 15 is 0 Å². The van der Waals surface area contributed by atoms with Gasteiger partial charge in [-0.25, -0.2) is 0 Å². The largest absolute Gasteiger partial charge is 0.496 e. The van der Waals surface area contributed by atoms with Crippen molar-refractivity contribution >= 4 is 21.8 Å². The third-order valence-corrected chi connectivity index (χ3v) is 2.64. The Morgan fingerprint density at radius 1 is 1.50 bits per heavy atom. The Morgan fingerprint density at radius 2 is 2.19 bits per heavy atom. The maximum Gasteiger partial charge on any atom is 0.255 e. The van der Waals surface area contributed by atoms with Crippen LogP contribution in [0.4, 0.5) is 0 Å². The van der Waals surface area contributed by atoms with Crippen molar-refractivity contribution < 1.29 is 9.53 Å². The summed E-state index contributed by atoms with van der Waals surface area (Å²) in [5, 5.41) is 2.86. The number of rotatable bonds is 5. The lowest BCUT2D eigenvalue weighted by Crippen LogP contribution is -2.26. The van der Waals surface area contributed by atoms with E-state index in [1.54, 1.807) is 19.2 Å². The van der Waals surface area contributed by atoms with E-state index in [0.29, 0.717) is 22.7 Å². The molecule has 0 heterocycles. The van der Waals surface area contributed by atoms with Crippen molar-refractivity contribution in [3.8, 4) is 5.75 Å². The van der Waals surface area contributed by atoms with Gasteiger partial charge in [-0.1, -0.05) is 35.0 Å². The van der Waals surface area contributed by atoms with Crippen LogP contribution in [0, 0.1) is 0 Å². The van der Waals surface area contributed by atoms with Crippen LogP contribution in [0.1, 0.15) is 23.7 Å². The second kappa shape index (κ2) is 6.53. The first-order chi connectivity index (χ1) is 7.65. The van der Waals surface area contributed by atoms with E-state index in [1.807, 2.05) is 12.1 Å². The molecule has 0 aliphatic heterocycles. The van der Waals surface area contributed by atoms with E-state index in [9.17, 15) is 4.79 Å². The zero-order valence-corrected chi connectivity index (χ0v) is 11.1. The van der Waals surface area contributed by atoms with Gasteiger partial charge in [-0.05, 0) is 18.6 Å². The number of carbonyl (C=O) groups excluding carboxylic acids is 1. The maximum absolute atomic E-state index is 11.8. The minimum Gasteiger partial charge on any atom is -0.496 e. The van der Waals surface area contributed by atoms with Crippen molar-refractivity contribution in [1.82, 2.24) is 5.32 Å². The molecule has 0 aliphatic rings. The zero-order chi connectivity index (χ0) is 12.0. The minimum absolute atomic E-state index is 0.0920. The van der Waals surface area contributed by atoms with Crippen LogP contribution in [0.2, 0.25) is 0 Å². The van der Waals surface area contributed by atoms with Crippen molar-refractivity contribution in [2.24, 2.45) is 0 Å². The summed E-state index contributed by atoms with van der Waals surface area (Å²) in [7, 11) is 1.56. The first kappa shape index (κ1) is 13.0. The number of hydrogen-bond donors (Lipinski definition) is 1. The van der Waals surface area contributed by atoms with Crippen molar-refractivity contribution in [3.05, 3.63) is 29.8 Å². The SMILES string of the molecule is COc1ccccc1C(=O)NCCC(C)Br. The van der Waals surface area contributed by atoms with Gasteiger partial charge >= 0.3 is 0 Å². The standard InChI is InChI=1S/C12H16BrNO2/c1-9(13)7-8-14-12(15)10-5-3-4-6-11(10)16-2/h3-6,9H,7-8H2,1-2H3,(H,14,15). The Morgan fingerprint density at radius 3 is 2.81 bits per heavy atom. The normalized spacial score (nSPS) is 11.9. The van der Waals surface area contributed by atoms with Crippen molar-refractivity contribution in [2.75, 3.05) is 13.7 Å². The van der Waals surface area contributed by atoms with Gasteiger partial charge in [0.25, 0.3) is 5.91 Å². The lowest BCUT2D eigenvalue weighted by atomic mass is 10.2. The summed E-state index contributed by atoms with van der Waals surface area (Å²) in [4.78, 5) is 12.2. The van der Waals surface area contributed by atoms with Gasteiger partial charge in [-0.3, -0.25) is 4.79 Å². The van der Waals surface area contributed by atoms with Gasteiger partial charge in [0, 0.05) is 11.4 Å². The molecule has 0 spiro atoms. The molecule has 0 aliphatic carbocycles. The zero-order valence-electron chi connectivity index (χ0n) is 9.50. The summed E-state index contributed by atoms with van der Waals surface area (Å²) in [5.74, 6) is 0.512. The molecule has 3 nitrogen and oxygen atoms in total. The number of carbonyl (C=O) groups is 1. The Labute approximate surface area is 104 Å². The van der Waals surface area contributed by atoms with Crippen LogP contribution in [0.5, 0.6) is 5.75 Å². The predicted molar refractivity (Wildman–Crippen MR) is 68.3 cm³/mol. The van der Waals surface area contributed by atoms with Gasteiger partial charge in [0.1, 0.15) is 5.75 Å². The minimum atomic E-state index is -0.0920. The fraction of sp³-hybridized carbons (Fsp3) is 0.417. The summed E-state index contributed by atoms with van der Waals surface area (Å²) in [6.07, 6.45) is 0.904. The Kier molecular flexibility index (Phi) is 5.32. The van der Waals surface area contributed by atoms with Crippen LogP contribution in [0.15, 0.2) is 24.3 Å². The number of alkyl halides is 1. The van der Waals surface area contributed by atoms with Crippen molar-refractivity contribution in [2.45, 2.75) is 18.2 Å². The molecule has 1 atom stereocenters. The molecule has 0 saturated heterocycles. The molecule has 1 amide bonds. The lowest BCUT2D eigenvalue weighted by Gasteiger charge is -2.09. The molecule has 88 valence electrons. The number of halogens is 1. The number of ether oxygens (including phenoxy) is 1. The van der Waals surface area contributed by atoms with Crippen LogP contribution in [-0.4, -0.2) is 24.4 Å². The van der Waals surface area contributed by atoms with Gasteiger partial charge in [0.05, 0.1) is 12.7 Å². The summed E-state index contributed by atoms with van der Waals surface area (Å²) < 4.78 is 5.12. The molecule has 16 heavy (non-hydrogen) atoms. The fourth-order valence-electron chi connectivity index (χ4n) is 1.31. The molecule has 0 fully saturated rings. The third kappa shape index (κ3) is 3.85. The number of benzene rings is 1. The van der Waals surface area contributed by atoms with Crippen molar-refractivity contribution in [1.29, 1.82) is 0 Å². The second-order valence-electron chi connectivity index (χ2n) is 3.53. The van der Waals surface area contributed by atoms with Crippen LogP contribution >= 0.6 is 15.9 Å². The predicted octanol–water partition coefficient (Wildman–Crippen LogP) is 2.60. The molecule has 1 aromatic rings. The number of nitrogens with one attached hydrogen (secondary N) is 1. The summed E-state index contributed by atoms with van der Waals surface area (Å²) in [6.45, 7) is 2.71. The van der Waals surface area contributed by atoms with E-state index in [4.69, 9.17) is 4.74 Å². The molecule has 0 aromatic heterocycles. The average molecular weight is 286 g/mol. The first-order valence-electron chi connectivity index (χ1n) is 5.20. The molecule has 1 N–H and O–H groups in total. The Bertz CT molecular complexity index is 353. The quantitative estimate of drug-likeness (QED) is 0.845.